The van der Waals surface area contributed by atoms with Gasteiger partial charge in [-0.05, 0) is 56.5 Å². The van der Waals surface area contributed by atoms with E-state index in [1.807, 2.05) is 0 Å². The lowest BCUT2D eigenvalue weighted by Gasteiger charge is -2.23. The predicted octanol–water partition coefficient (Wildman–Crippen LogP) is 3.92. The lowest BCUT2D eigenvalue weighted by atomic mass is 9.94. The average molecular weight is 272 g/mol. The summed E-state index contributed by atoms with van der Waals surface area (Å²) in [6.07, 6.45) is 1.27. The third-order valence-electron chi connectivity index (χ3n) is 3.50. The van der Waals surface area contributed by atoms with Crippen molar-refractivity contribution in [3.05, 3.63) is 64.7 Å². The number of aromatic nitrogens is 1. The molecule has 1 aromatic carbocycles. The van der Waals surface area contributed by atoms with E-state index in [0.717, 1.165) is 5.69 Å². The third-order valence-corrected chi connectivity index (χ3v) is 3.50. The fourth-order valence-electron chi connectivity index (χ4n) is 2.31. The topological polar surface area (TPSA) is 24.9 Å². The molecule has 2 rings (SSSR count). The van der Waals surface area contributed by atoms with Crippen molar-refractivity contribution in [2.45, 2.75) is 39.8 Å². The first kappa shape index (κ1) is 14.7. The lowest BCUT2D eigenvalue weighted by molar-refractivity contribution is 0.515. The molecule has 1 N–H and O–H groups in total. The maximum Gasteiger partial charge on any atom is 0.141 e. The quantitative estimate of drug-likeness (QED) is 0.912. The van der Waals surface area contributed by atoms with Gasteiger partial charge in [0.2, 0.25) is 0 Å². The molecule has 0 aliphatic rings. The van der Waals surface area contributed by atoms with Crippen LogP contribution in [-0.4, -0.2) is 11.0 Å². The number of hydrogen-bond donors (Lipinski definition) is 1. The zero-order valence-corrected chi connectivity index (χ0v) is 12.4. The first-order chi connectivity index (χ1) is 9.49. The van der Waals surface area contributed by atoms with Crippen LogP contribution in [-0.2, 0) is 0 Å². The Hall–Kier alpha value is -1.74. The van der Waals surface area contributed by atoms with Crippen molar-refractivity contribution in [3.8, 4) is 0 Å². The Bertz CT molecular complexity index is 576. The molecule has 1 atom stereocenters. The van der Waals surface area contributed by atoms with Crippen LogP contribution >= 0.6 is 0 Å². The van der Waals surface area contributed by atoms with E-state index in [0.29, 0.717) is 6.04 Å². The number of benzene rings is 1. The van der Waals surface area contributed by atoms with Crippen molar-refractivity contribution >= 4 is 0 Å². The predicted molar refractivity (Wildman–Crippen MR) is 80.2 cm³/mol. The summed E-state index contributed by atoms with van der Waals surface area (Å²) in [7, 11) is 0. The highest BCUT2D eigenvalue weighted by atomic mass is 19.1. The number of pyridine rings is 1. The highest BCUT2D eigenvalue weighted by Gasteiger charge is 2.18. The van der Waals surface area contributed by atoms with Crippen molar-refractivity contribution in [2.24, 2.45) is 0 Å². The molecule has 1 aromatic heterocycles. The van der Waals surface area contributed by atoms with Gasteiger partial charge in [0.25, 0.3) is 0 Å². The van der Waals surface area contributed by atoms with E-state index in [9.17, 15) is 4.39 Å². The van der Waals surface area contributed by atoms with Gasteiger partial charge in [-0.1, -0.05) is 18.2 Å². The monoisotopic (exact) mass is 272 g/mol. The summed E-state index contributed by atoms with van der Waals surface area (Å²) in [6, 6.07) is 9.76. The molecule has 2 aromatic rings. The first-order valence-corrected chi connectivity index (χ1v) is 6.92. The number of nitrogens with one attached hydrogen (secondary N) is 1. The van der Waals surface area contributed by atoms with Crippen LogP contribution in [0.4, 0.5) is 4.39 Å². The van der Waals surface area contributed by atoms with Crippen molar-refractivity contribution in [1.29, 1.82) is 0 Å². The van der Waals surface area contributed by atoms with E-state index in [-0.39, 0.29) is 11.9 Å². The summed E-state index contributed by atoms with van der Waals surface area (Å²) >= 11 is 0. The van der Waals surface area contributed by atoms with Gasteiger partial charge in [-0.25, -0.2) is 4.39 Å². The molecule has 106 valence electrons. The number of nitrogens with zero attached hydrogens (tertiary/aromatic N) is 1. The molecule has 0 bridgehead atoms. The summed E-state index contributed by atoms with van der Waals surface area (Å²) in [5.74, 6) is -0.307. The molecule has 1 heterocycles. The molecule has 0 saturated heterocycles. The van der Waals surface area contributed by atoms with Gasteiger partial charge >= 0.3 is 0 Å². The molecule has 20 heavy (non-hydrogen) atoms. The zero-order valence-electron chi connectivity index (χ0n) is 12.4. The fourth-order valence-corrected chi connectivity index (χ4v) is 2.31. The Labute approximate surface area is 120 Å². The Morgan fingerprint density at radius 2 is 1.85 bits per heavy atom. The minimum Gasteiger partial charge on any atom is -0.303 e. The van der Waals surface area contributed by atoms with E-state index in [1.165, 1.54) is 29.0 Å². The largest absolute Gasteiger partial charge is 0.303 e. The molecule has 0 fully saturated rings. The number of aryl methyl sites for hydroxylation is 1. The highest BCUT2D eigenvalue weighted by Crippen LogP contribution is 2.26. The maximum absolute atomic E-state index is 13.1. The smallest absolute Gasteiger partial charge is 0.141 e. The third kappa shape index (κ3) is 3.23. The second-order valence-electron chi connectivity index (χ2n) is 5.44. The molecule has 2 nitrogen and oxygen atoms in total. The van der Waals surface area contributed by atoms with Gasteiger partial charge in [0.1, 0.15) is 5.82 Å². The van der Waals surface area contributed by atoms with Crippen LogP contribution in [0.25, 0.3) is 0 Å². The Morgan fingerprint density at radius 1 is 1.10 bits per heavy atom. The second kappa shape index (κ2) is 6.14. The summed E-state index contributed by atoms with van der Waals surface area (Å²) in [5, 5.41) is 3.51. The van der Waals surface area contributed by atoms with Crippen molar-refractivity contribution in [3.63, 3.8) is 0 Å². The average Bonchev–Trinajstić information content (AvgIpc) is 2.40. The van der Waals surface area contributed by atoms with E-state index in [1.54, 1.807) is 6.07 Å². The van der Waals surface area contributed by atoms with Crippen molar-refractivity contribution in [2.75, 3.05) is 0 Å². The van der Waals surface area contributed by atoms with E-state index >= 15 is 0 Å². The van der Waals surface area contributed by atoms with Crippen LogP contribution in [0.5, 0.6) is 0 Å². The molecule has 0 radical (unpaired) electrons. The molecule has 0 saturated carbocycles. The molecule has 0 aliphatic heterocycles. The zero-order chi connectivity index (χ0) is 14.7. The Kier molecular flexibility index (Phi) is 4.50. The van der Waals surface area contributed by atoms with Crippen molar-refractivity contribution in [1.82, 2.24) is 10.3 Å². The van der Waals surface area contributed by atoms with Gasteiger partial charge in [-0.2, -0.15) is 0 Å². The number of halogens is 1. The van der Waals surface area contributed by atoms with Crippen LogP contribution in [0.15, 0.2) is 36.5 Å². The van der Waals surface area contributed by atoms with Crippen LogP contribution in [0, 0.1) is 19.7 Å². The molecular formula is C17H21FN2. The van der Waals surface area contributed by atoms with Gasteiger partial charge in [0, 0.05) is 6.04 Å². The van der Waals surface area contributed by atoms with Crippen LogP contribution in [0.2, 0.25) is 0 Å². The van der Waals surface area contributed by atoms with E-state index < -0.39 is 0 Å². The lowest BCUT2D eigenvalue weighted by Crippen LogP contribution is -2.30. The van der Waals surface area contributed by atoms with Gasteiger partial charge in [-0.3, -0.25) is 4.98 Å². The molecule has 3 heteroatoms. The van der Waals surface area contributed by atoms with E-state index in [4.69, 9.17) is 0 Å². The minimum absolute atomic E-state index is 0.0181. The molecule has 0 aliphatic carbocycles. The van der Waals surface area contributed by atoms with Gasteiger partial charge < -0.3 is 5.32 Å². The summed E-state index contributed by atoms with van der Waals surface area (Å²) in [6.45, 7) is 8.41. The Morgan fingerprint density at radius 3 is 2.45 bits per heavy atom. The summed E-state index contributed by atoms with van der Waals surface area (Å²) in [4.78, 5) is 4.24. The molecule has 1 unspecified atom stereocenters. The van der Waals surface area contributed by atoms with Gasteiger partial charge in [0.05, 0.1) is 17.9 Å². The van der Waals surface area contributed by atoms with Gasteiger partial charge in [0.15, 0.2) is 0 Å². The normalized spacial score (nSPS) is 12.7. The number of rotatable bonds is 4. The SMILES string of the molecule is Cc1cccc(C(NC(C)C)c2ccc(F)cn2)c1C. The number of hydrogen-bond acceptors (Lipinski definition) is 2. The van der Waals surface area contributed by atoms with E-state index in [2.05, 4.69) is 56.2 Å². The van der Waals surface area contributed by atoms with Crippen molar-refractivity contribution < 1.29 is 4.39 Å². The van der Waals surface area contributed by atoms with Gasteiger partial charge in [-0.15, -0.1) is 0 Å². The molecular weight excluding hydrogens is 251 g/mol. The summed E-state index contributed by atoms with van der Waals surface area (Å²) in [5.41, 5.74) is 4.53. The van der Waals surface area contributed by atoms with Crippen LogP contribution in [0.1, 0.15) is 42.3 Å². The van der Waals surface area contributed by atoms with Crippen LogP contribution in [0.3, 0.4) is 0 Å². The van der Waals surface area contributed by atoms with Crippen LogP contribution < -0.4 is 5.32 Å². The standard InChI is InChI=1S/C17H21FN2/c1-11(2)20-17(16-9-8-14(18)10-19-16)15-7-5-6-12(3)13(15)4/h5-11,17,20H,1-4H3. The Balaban J connectivity index is 2.47. The maximum atomic E-state index is 13.1. The molecule has 0 amide bonds. The first-order valence-electron chi connectivity index (χ1n) is 6.92. The molecule has 0 spiro atoms. The second-order valence-corrected chi connectivity index (χ2v) is 5.44. The fraction of sp³-hybridized carbons (Fsp3) is 0.353. The minimum atomic E-state index is -0.307. The highest BCUT2D eigenvalue weighted by molar-refractivity contribution is 5.39. The summed E-state index contributed by atoms with van der Waals surface area (Å²) < 4.78 is 13.1.